The Bertz CT molecular complexity index is 279. The lowest BCUT2D eigenvalue weighted by molar-refractivity contribution is -0.157. The van der Waals surface area contributed by atoms with Crippen molar-refractivity contribution in [2.45, 2.75) is 31.2 Å². The standard InChI is InChI=1S/C12H21ClN2O2/c1-3-12(8-17-9-12)15-6-4-14(5-7-15)11(16)10(2)13/h10H,3-9H2,1-2H3. The maximum Gasteiger partial charge on any atom is 0.240 e. The highest BCUT2D eigenvalue weighted by Gasteiger charge is 2.43. The van der Waals surface area contributed by atoms with E-state index in [1.165, 1.54) is 0 Å². The Kier molecular flexibility index (Phi) is 3.95. The Morgan fingerprint density at radius 1 is 1.35 bits per heavy atom. The van der Waals surface area contributed by atoms with Crippen molar-refractivity contribution >= 4 is 17.5 Å². The van der Waals surface area contributed by atoms with Gasteiger partial charge in [-0.2, -0.15) is 0 Å². The van der Waals surface area contributed by atoms with Gasteiger partial charge >= 0.3 is 0 Å². The van der Waals surface area contributed by atoms with Crippen molar-refractivity contribution in [3.8, 4) is 0 Å². The van der Waals surface area contributed by atoms with E-state index in [2.05, 4.69) is 11.8 Å². The van der Waals surface area contributed by atoms with Crippen molar-refractivity contribution in [2.75, 3.05) is 39.4 Å². The molecule has 2 rings (SSSR count). The summed E-state index contributed by atoms with van der Waals surface area (Å²) < 4.78 is 5.35. The van der Waals surface area contributed by atoms with Crippen molar-refractivity contribution in [1.82, 2.24) is 9.80 Å². The van der Waals surface area contributed by atoms with Gasteiger partial charge < -0.3 is 9.64 Å². The van der Waals surface area contributed by atoms with Gasteiger partial charge in [0.2, 0.25) is 5.91 Å². The summed E-state index contributed by atoms with van der Waals surface area (Å²) >= 11 is 5.83. The Labute approximate surface area is 108 Å². The average molecular weight is 261 g/mol. The van der Waals surface area contributed by atoms with E-state index in [0.717, 1.165) is 45.8 Å². The summed E-state index contributed by atoms with van der Waals surface area (Å²) in [6.45, 7) is 9.07. The molecule has 4 nitrogen and oxygen atoms in total. The first-order valence-corrected chi connectivity index (χ1v) is 6.78. The van der Waals surface area contributed by atoms with Crippen LogP contribution >= 0.6 is 11.6 Å². The molecule has 0 aromatic rings. The molecule has 17 heavy (non-hydrogen) atoms. The molecule has 98 valence electrons. The van der Waals surface area contributed by atoms with E-state index in [1.807, 2.05) is 4.90 Å². The maximum atomic E-state index is 11.8. The Morgan fingerprint density at radius 2 is 1.94 bits per heavy atom. The number of nitrogens with zero attached hydrogens (tertiary/aromatic N) is 2. The molecule has 2 heterocycles. The molecule has 2 fully saturated rings. The number of ether oxygens (including phenoxy) is 1. The van der Waals surface area contributed by atoms with Gasteiger partial charge in [-0.25, -0.2) is 0 Å². The predicted molar refractivity (Wildman–Crippen MR) is 67.3 cm³/mol. The van der Waals surface area contributed by atoms with Crippen LogP contribution in [0, 0.1) is 0 Å². The molecule has 2 saturated heterocycles. The van der Waals surface area contributed by atoms with Crippen LogP contribution in [0.1, 0.15) is 20.3 Å². The van der Waals surface area contributed by atoms with Crippen molar-refractivity contribution in [3.05, 3.63) is 0 Å². The Hall–Kier alpha value is -0.320. The number of hydrogen-bond acceptors (Lipinski definition) is 3. The molecular weight excluding hydrogens is 240 g/mol. The minimum atomic E-state index is -0.409. The van der Waals surface area contributed by atoms with E-state index in [-0.39, 0.29) is 11.4 Å². The number of carbonyl (C=O) groups excluding carboxylic acids is 1. The zero-order valence-corrected chi connectivity index (χ0v) is 11.4. The van der Waals surface area contributed by atoms with E-state index in [1.54, 1.807) is 6.92 Å². The summed E-state index contributed by atoms with van der Waals surface area (Å²) in [4.78, 5) is 16.1. The zero-order valence-electron chi connectivity index (χ0n) is 10.6. The smallest absolute Gasteiger partial charge is 0.240 e. The SMILES string of the molecule is CCC1(N2CCN(C(=O)C(C)Cl)CC2)COC1. The highest BCUT2D eigenvalue weighted by atomic mass is 35.5. The summed E-state index contributed by atoms with van der Waals surface area (Å²) in [5, 5.41) is -0.409. The van der Waals surface area contributed by atoms with E-state index in [9.17, 15) is 4.79 Å². The number of hydrogen-bond donors (Lipinski definition) is 0. The molecule has 0 bridgehead atoms. The normalized spacial score (nSPS) is 26.4. The first kappa shape index (κ1) is 13.1. The lowest BCUT2D eigenvalue weighted by Gasteiger charge is -2.52. The van der Waals surface area contributed by atoms with E-state index >= 15 is 0 Å². The summed E-state index contributed by atoms with van der Waals surface area (Å²) in [6, 6.07) is 0. The monoisotopic (exact) mass is 260 g/mol. The molecule has 5 heteroatoms. The number of halogens is 1. The highest BCUT2D eigenvalue weighted by molar-refractivity contribution is 6.30. The average Bonchev–Trinajstić information content (AvgIpc) is 2.28. The molecule has 0 N–H and O–H groups in total. The number of rotatable bonds is 3. The molecule has 1 atom stereocenters. The summed E-state index contributed by atoms with van der Waals surface area (Å²) in [6.07, 6.45) is 1.12. The van der Waals surface area contributed by atoms with E-state index in [0.29, 0.717) is 0 Å². The first-order chi connectivity index (χ1) is 8.09. The molecule has 2 aliphatic rings. The van der Waals surface area contributed by atoms with Crippen LogP contribution in [-0.2, 0) is 9.53 Å². The lowest BCUT2D eigenvalue weighted by Crippen LogP contribution is -2.66. The Balaban J connectivity index is 1.88. The molecule has 0 saturated carbocycles. The van der Waals surface area contributed by atoms with Gasteiger partial charge in [-0.1, -0.05) is 6.92 Å². The summed E-state index contributed by atoms with van der Waals surface area (Å²) in [5.41, 5.74) is 0.238. The molecule has 1 amide bonds. The number of carbonyl (C=O) groups is 1. The molecule has 2 aliphatic heterocycles. The maximum absolute atomic E-state index is 11.8. The fourth-order valence-corrected chi connectivity index (χ4v) is 2.74. The van der Waals surface area contributed by atoms with Crippen LogP contribution < -0.4 is 0 Å². The zero-order chi connectivity index (χ0) is 12.5. The van der Waals surface area contributed by atoms with Gasteiger partial charge in [-0.15, -0.1) is 11.6 Å². The number of alkyl halides is 1. The number of amides is 1. The predicted octanol–water partition coefficient (Wildman–Crippen LogP) is 0.937. The van der Waals surface area contributed by atoms with Crippen LogP contribution in [0.25, 0.3) is 0 Å². The minimum Gasteiger partial charge on any atom is -0.377 e. The van der Waals surface area contributed by atoms with Gasteiger partial charge in [0.1, 0.15) is 5.38 Å². The fraction of sp³-hybridized carbons (Fsp3) is 0.917. The second-order valence-electron chi connectivity index (χ2n) is 5.00. The second kappa shape index (κ2) is 5.12. The van der Waals surface area contributed by atoms with Crippen LogP contribution in [0.2, 0.25) is 0 Å². The van der Waals surface area contributed by atoms with Crippen LogP contribution in [-0.4, -0.2) is 66.0 Å². The third-order valence-electron chi connectivity index (χ3n) is 4.00. The molecule has 0 aromatic carbocycles. The van der Waals surface area contributed by atoms with Gasteiger partial charge in [0.15, 0.2) is 0 Å². The van der Waals surface area contributed by atoms with Gasteiger partial charge in [-0.05, 0) is 13.3 Å². The number of piperazine rings is 1. The molecule has 0 radical (unpaired) electrons. The lowest BCUT2D eigenvalue weighted by atomic mass is 9.91. The first-order valence-electron chi connectivity index (χ1n) is 6.35. The fourth-order valence-electron chi connectivity index (χ4n) is 2.60. The van der Waals surface area contributed by atoms with Gasteiger partial charge in [0.05, 0.1) is 18.8 Å². The van der Waals surface area contributed by atoms with Gasteiger partial charge in [0, 0.05) is 26.2 Å². The largest absolute Gasteiger partial charge is 0.377 e. The third-order valence-corrected chi connectivity index (χ3v) is 4.19. The third kappa shape index (κ3) is 2.44. The second-order valence-corrected chi connectivity index (χ2v) is 5.65. The van der Waals surface area contributed by atoms with Crippen LogP contribution in [0.5, 0.6) is 0 Å². The van der Waals surface area contributed by atoms with E-state index in [4.69, 9.17) is 16.3 Å². The molecular formula is C12H21ClN2O2. The molecule has 0 aliphatic carbocycles. The van der Waals surface area contributed by atoms with Crippen molar-refractivity contribution < 1.29 is 9.53 Å². The molecule has 0 spiro atoms. The van der Waals surface area contributed by atoms with Crippen LogP contribution in [0.3, 0.4) is 0 Å². The van der Waals surface area contributed by atoms with E-state index < -0.39 is 5.38 Å². The highest BCUT2D eigenvalue weighted by Crippen LogP contribution is 2.29. The molecule has 1 unspecified atom stereocenters. The van der Waals surface area contributed by atoms with Crippen molar-refractivity contribution in [3.63, 3.8) is 0 Å². The van der Waals surface area contributed by atoms with Gasteiger partial charge in [-0.3, -0.25) is 9.69 Å². The topological polar surface area (TPSA) is 32.8 Å². The minimum absolute atomic E-state index is 0.0572. The van der Waals surface area contributed by atoms with Crippen molar-refractivity contribution in [2.24, 2.45) is 0 Å². The van der Waals surface area contributed by atoms with Crippen molar-refractivity contribution in [1.29, 1.82) is 0 Å². The molecule has 0 aromatic heterocycles. The Morgan fingerprint density at radius 3 is 2.29 bits per heavy atom. The van der Waals surface area contributed by atoms with Crippen LogP contribution in [0.4, 0.5) is 0 Å². The summed E-state index contributed by atoms with van der Waals surface area (Å²) in [7, 11) is 0. The van der Waals surface area contributed by atoms with Crippen LogP contribution in [0.15, 0.2) is 0 Å². The summed E-state index contributed by atoms with van der Waals surface area (Å²) in [5.74, 6) is 0.0572. The quantitative estimate of drug-likeness (QED) is 0.708. The van der Waals surface area contributed by atoms with Gasteiger partial charge in [0.25, 0.3) is 0 Å².